The van der Waals surface area contributed by atoms with Crippen molar-refractivity contribution >= 4 is 12.1 Å². The van der Waals surface area contributed by atoms with E-state index in [1.165, 1.54) is 38.5 Å². The van der Waals surface area contributed by atoms with E-state index in [9.17, 15) is 9.59 Å². The number of esters is 1. The number of nitrogens with one attached hydrogen (secondary N) is 1. The van der Waals surface area contributed by atoms with E-state index in [1.807, 2.05) is 0 Å². The lowest BCUT2D eigenvalue weighted by Gasteiger charge is -2.36. The minimum absolute atomic E-state index is 0.0665. The van der Waals surface area contributed by atoms with Crippen molar-refractivity contribution in [3.63, 3.8) is 0 Å². The molecule has 1 amide bonds. The average Bonchev–Trinajstić information content (AvgIpc) is 3.21. The van der Waals surface area contributed by atoms with Gasteiger partial charge in [0.25, 0.3) is 0 Å². The summed E-state index contributed by atoms with van der Waals surface area (Å²) < 4.78 is 9.98. The van der Waals surface area contributed by atoms with Gasteiger partial charge in [-0.25, -0.2) is 9.59 Å². The van der Waals surface area contributed by atoms with Crippen LogP contribution < -0.4 is 5.32 Å². The molecule has 0 heterocycles. The second kappa shape index (κ2) is 6.54. The van der Waals surface area contributed by atoms with Crippen LogP contribution in [0.15, 0.2) is 12.2 Å². The highest BCUT2D eigenvalue weighted by molar-refractivity contribution is 5.86. The monoisotopic (exact) mass is 321 g/mol. The fourth-order valence-corrected chi connectivity index (χ4v) is 5.20. The van der Waals surface area contributed by atoms with E-state index in [-0.39, 0.29) is 13.2 Å². The fourth-order valence-electron chi connectivity index (χ4n) is 5.20. The van der Waals surface area contributed by atoms with Gasteiger partial charge in [0, 0.05) is 12.1 Å². The number of hydrogen-bond donors (Lipinski definition) is 1. The van der Waals surface area contributed by atoms with Crippen LogP contribution in [0, 0.1) is 23.2 Å². The predicted octanol–water partition coefficient (Wildman–Crippen LogP) is 3.05. The molecule has 2 bridgehead atoms. The summed E-state index contributed by atoms with van der Waals surface area (Å²) in [5, 5.41) is 2.95. The minimum Gasteiger partial charge on any atom is -0.459 e. The smallest absolute Gasteiger partial charge is 0.407 e. The molecule has 0 aromatic carbocycles. The number of alkyl carbamates (subject to hydrolysis) is 1. The molecule has 4 unspecified atom stereocenters. The first kappa shape index (κ1) is 16.3. The van der Waals surface area contributed by atoms with Crippen LogP contribution in [0.25, 0.3) is 0 Å². The summed E-state index contributed by atoms with van der Waals surface area (Å²) in [6, 6.07) is 0. The first-order valence-electron chi connectivity index (χ1n) is 8.75. The maximum Gasteiger partial charge on any atom is 0.407 e. The zero-order valence-electron chi connectivity index (χ0n) is 13.9. The van der Waals surface area contributed by atoms with E-state index in [2.05, 4.69) is 11.9 Å². The summed E-state index contributed by atoms with van der Waals surface area (Å²) in [6.07, 6.45) is 7.51. The Bertz CT molecular complexity index is 503. The molecule has 1 N–H and O–H groups in total. The maximum atomic E-state index is 11.9. The van der Waals surface area contributed by atoms with Crippen LogP contribution in [0.4, 0.5) is 4.79 Å². The van der Waals surface area contributed by atoms with Crippen LogP contribution in [0.3, 0.4) is 0 Å². The second-order valence-electron chi connectivity index (χ2n) is 7.47. The van der Waals surface area contributed by atoms with Crippen molar-refractivity contribution in [2.75, 3.05) is 19.8 Å². The minimum atomic E-state index is -0.455. The fraction of sp³-hybridized carbons (Fsp3) is 0.778. The third-order valence-electron chi connectivity index (χ3n) is 6.13. The van der Waals surface area contributed by atoms with Crippen molar-refractivity contribution < 1.29 is 19.1 Å². The van der Waals surface area contributed by atoms with Gasteiger partial charge < -0.3 is 14.8 Å². The molecule has 3 aliphatic carbocycles. The SMILES string of the molecule is C=C(C)C(=O)OCCOC(=O)NCC12CCC(C1)C1CCCC12. The predicted molar refractivity (Wildman–Crippen MR) is 85.7 cm³/mol. The summed E-state index contributed by atoms with van der Waals surface area (Å²) in [4.78, 5) is 23.1. The van der Waals surface area contributed by atoms with Gasteiger partial charge >= 0.3 is 12.1 Å². The lowest BCUT2D eigenvalue weighted by molar-refractivity contribution is -0.139. The zero-order valence-corrected chi connectivity index (χ0v) is 13.9. The van der Waals surface area contributed by atoms with Crippen LogP contribution in [0.5, 0.6) is 0 Å². The van der Waals surface area contributed by atoms with Crippen molar-refractivity contribution in [1.82, 2.24) is 5.32 Å². The van der Waals surface area contributed by atoms with Crippen LogP contribution in [0.1, 0.15) is 45.4 Å². The molecule has 23 heavy (non-hydrogen) atoms. The number of carbonyl (C=O) groups excluding carboxylic acids is 2. The second-order valence-corrected chi connectivity index (χ2v) is 7.47. The largest absolute Gasteiger partial charge is 0.459 e. The summed E-state index contributed by atoms with van der Waals surface area (Å²) in [6.45, 7) is 5.95. The van der Waals surface area contributed by atoms with Gasteiger partial charge in [0.1, 0.15) is 13.2 Å². The molecule has 128 valence electrons. The third kappa shape index (κ3) is 3.24. The highest BCUT2D eigenvalue weighted by atomic mass is 16.6. The summed E-state index contributed by atoms with van der Waals surface area (Å²) in [5.41, 5.74) is 0.661. The van der Waals surface area contributed by atoms with E-state index in [0.29, 0.717) is 11.0 Å². The molecule has 3 fully saturated rings. The Kier molecular flexibility index (Phi) is 4.64. The van der Waals surface area contributed by atoms with Gasteiger partial charge in [-0.1, -0.05) is 13.0 Å². The Morgan fingerprint density at radius 1 is 1.22 bits per heavy atom. The normalized spacial score (nSPS) is 34.0. The molecular formula is C18H27NO4. The maximum absolute atomic E-state index is 11.9. The molecule has 3 aliphatic rings. The van der Waals surface area contributed by atoms with E-state index in [4.69, 9.17) is 9.47 Å². The number of rotatable bonds is 6. The number of amides is 1. The van der Waals surface area contributed by atoms with Crippen LogP contribution in [-0.2, 0) is 14.3 Å². The lowest BCUT2D eigenvalue weighted by atomic mass is 9.71. The summed E-state index contributed by atoms with van der Waals surface area (Å²) >= 11 is 0. The molecular weight excluding hydrogens is 294 g/mol. The van der Waals surface area contributed by atoms with Gasteiger partial charge in [-0.05, 0) is 62.2 Å². The van der Waals surface area contributed by atoms with Crippen molar-refractivity contribution in [2.24, 2.45) is 23.2 Å². The van der Waals surface area contributed by atoms with Gasteiger partial charge in [0.15, 0.2) is 0 Å². The van der Waals surface area contributed by atoms with E-state index < -0.39 is 12.1 Å². The first-order valence-corrected chi connectivity index (χ1v) is 8.75. The number of hydrogen-bond acceptors (Lipinski definition) is 4. The Morgan fingerprint density at radius 3 is 2.78 bits per heavy atom. The molecule has 3 saturated carbocycles. The van der Waals surface area contributed by atoms with Gasteiger partial charge in [0.05, 0.1) is 0 Å². The molecule has 0 spiro atoms. The highest BCUT2D eigenvalue weighted by Crippen LogP contribution is 2.65. The summed E-state index contributed by atoms with van der Waals surface area (Å²) in [7, 11) is 0. The molecule has 0 aromatic heterocycles. The standard InChI is InChI=1S/C18H27NO4/c1-12(2)16(20)22-8-9-23-17(21)19-11-18-7-6-13(10-18)14-4-3-5-15(14)18/h13-15H,1,3-11H2,2H3,(H,19,21). The Morgan fingerprint density at radius 2 is 2.00 bits per heavy atom. The van der Waals surface area contributed by atoms with E-state index >= 15 is 0 Å². The van der Waals surface area contributed by atoms with Crippen LogP contribution in [-0.4, -0.2) is 31.8 Å². The molecule has 5 heteroatoms. The van der Waals surface area contributed by atoms with Crippen molar-refractivity contribution in [2.45, 2.75) is 45.4 Å². The molecule has 0 aliphatic heterocycles. The average molecular weight is 321 g/mol. The highest BCUT2D eigenvalue weighted by Gasteiger charge is 2.58. The van der Waals surface area contributed by atoms with Gasteiger partial charge in [-0.3, -0.25) is 0 Å². The lowest BCUT2D eigenvalue weighted by Crippen LogP contribution is -2.40. The Balaban J connectivity index is 1.38. The quantitative estimate of drug-likeness (QED) is 0.464. The van der Waals surface area contributed by atoms with Crippen molar-refractivity contribution in [3.8, 4) is 0 Å². The number of fused-ring (bicyclic) bond motifs is 5. The Labute approximate surface area is 137 Å². The first-order chi connectivity index (χ1) is 11.0. The topological polar surface area (TPSA) is 64.6 Å². The van der Waals surface area contributed by atoms with Crippen LogP contribution in [0.2, 0.25) is 0 Å². The third-order valence-corrected chi connectivity index (χ3v) is 6.13. The molecule has 0 radical (unpaired) electrons. The van der Waals surface area contributed by atoms with Gasteiger partial charge in [-0.15, -0.1) is 0 Å². The van der Waals surface area contributed by atoms with E-state index in [0.717, 1.165) is 24.3 Å². The molecule has 5 nitrogen and oxygen atoms in total. The molecule has 0 aromatic rings. The number of carbonyl (C=O) groups is 2. The summed E-state index contributed by atoms with van der Waals surface area (Å²) in [5.74, 6) is 2.14. The van der Waals surface area contributed by atoms with Crippen molar-refractivity contribution in [1.29, 1.82) is 0 Å². The van der Waals surface area contributed by atoms with Crippen molar-refractivity contribution in [3.05, 3.63) is 12.2 Å². The van der Waals surface area contributed by atoms with Gasteiger partial charge in [-0.2, -0.15) is 0 Å². The number of ether oxygens (including phenoxy) is 2. The molecule has 3 rings (SSSR count). The zero-order chi connectivity index (χ0) is 16.4. The van der Waals surface area contributed by atoms with Crippen LogP contribution >= 0.6 is 0 Å². The molecule has 4 atom stereocenters. The van der Waals surface area contributed by atoms with Gasteiger partial charge in [0.2, 0.25) is 0 Å². The Hall–Kier alpha value is -1.52. The van der Waals surface area contributed by atoms with E-state index in [1.54, 1.807) is 6.92 Å². The molecule has 0 saturated heterocycles.